The predicted octanol–water partition coefficient (Wildman–Crippen LogP) is 8.98. The molecular weight excluding hydrogens is 585 g/mol. The van der Waals surface area contributed by atoms with Crippen LogP contribution in [-0.2, 0) is 22.9 Å². The van der Waals surface area contributed by atoms with Crippen molar-refractivity contribution >= 4 is 50.5 Å². The lowest BCUT2D eigenvalue weighted by molar-refractivity contribution is 0.0788. The molecule has 0 fully saturated rings. The van der Waals surface area contributed by atoms with Crippen LogP contribution in [0.2, 0.25) is 51.4 Å². The van der Waals surface area contributed by atoms with Crippen molar-refractivity contribution in [1.82, 2.24) is 19.6 Å². The van der Waals surface area contributed by atoms with E-state index in [1.807, 2.05) is 60.7 Å². The molecule has 0 spiro atoms. The number of hydrogen-bond acceptors (Lipinski definition) is 6. The predicted molar refractivity (Wildman–Crippen MR) is 185 cm³/mol. The number of ether oxygens (including phenoxy) is 2. The number of nitrogens with one attached hydrogen (secondary N) is 2. The van der Waals surface area contributed by atoms with Crippen LogP contribution in [0.1, 0.15) is 0 Å². The Hall–Kier alpha value is -4.21. The molecule has 4 aromatic rings. The molecule has 0 unspecified atom stereocenters. The molecule has 2 heterocycles. The Balaban J connectivity index is 0.000000240. The van der Waals surface area contributed by atoms with Crippen molar-refractivity contribution in [3.8, 4) is 0 Å². The quantitative estimate of drug-likeness (QED) is 0.0823. The van der Waals surface area contributed by atoms with Crippen LogP contribution < -0.4 is 10.6 Å². The molecule has 0 amide bonds. The van der Waals surface area contributed by atoms with E-state index in [0.29, 0.717) is 36.5 Å². The highest BCUT2D eigenvalue weighted by molar-refractivity contribution is 6.76. The molecule has 10 nitrogen and oxygen atoms in total. The van der Waals surface area contributed by atoms with E-state index in [4.69, 9.17) is 22.6 Å². The molecule has 2 aromatic carbocycles. The zero-order valence-corrected chi connectivity index (χ0v) is 28.7. The summed E-state index contributed by atoms with van der Waals surface area (Å²) in [6, 6.07) is 21.7. The molecule has 0 aliphatic carbocycles. The molecule has 2 N–H and O–H groups in total. The fraction of sp³-hybridized carbons (Fsp3) is 0.375. The molecule has 0 saturated carbocycles. The third-order valence-electron chi connectivity index (χ3n) is 6.31. The molecule has 2 aromatic heterocycles. The van der Waals surface area contributed by atoms with Gasteiger partial charge >= 0.3 is 0 Å². The van der Waals surface area contributed by atoms with Crippen molar-refractivity contribution in [2.75, 3.05) is 23.8 Å². The van der Waals surface area contributed by atoms with Gasteiger partial charge < -0.3 is 20.1 Å². The van der Waals surface area contributed by atoms with E-state index >= 15 is 0 Å². The van der Waals surface area contributed by atoms with Crippen LogP contribution in [0.25, 0.3) is 9.69 Å². The van der Waals surface area contributed by atoms with Gasteiger partial charge in [0.25, 0.3) is 0 Å². The minimum atomic E-state index is -1.09. The second-order valence-corrected chi connectivity index (χ2v) is 23.9. The van der Waals surface area contributed by atoms with Gasteiger partial charge in [-0.05, 0) is 36.4 Å². The third-order valence-corrected chi connectivity index (χ3v) is 9.71. The van der Waals surface area contributed by atoms with Gasteiger partial charge in [0.05, 0.1) is 19.3 Å². The third kappa shape index (κ3) is 12.2. The average molecular weight is 629 g/mol. The fourth-order valence-electron chi connectivity index (χ4n) is 3.71. The van der Waals surface area contributed by atoms with Gasteiger partial charge in [-0.1, -0.05) is 75.7 Å². The second kappa shape index (κ2) is 16.6. The van der Waals surface area contributed by atoms with Crippen molar-refractivity contribution < 1.29 is 9.47 Å². The fourth-order valence-corrected chi connectivity index (χ4v) is 5.23. The lowest BCUT2D eigenvalue weighted by atomic mass is 10.3. The van der Waals surface area contributed by atoms with Crippen molar-refractivity contribution in [2.45, 2.75) is 64.8 Å². The summed E-state index contributed by atoms with van der Waals surface area (Å²) in [5.41, 5.74) is 2.84. The number of hydrogen-bond donors (Lipinski definition) is 2. The first kappa shape index (κ1) is 34.3. The first-order chi connectivity index (χ1) is 21.0. The number of benzene rings is 2. The van der Waals surface area contributed by atoms with E-state index in [2.05, 4.69) is 69.8 Å². The van der Waals surface area contributed by atoms with Gasteiger partial charge in [0.15, 0.2) is 5.82 Å². The van der Waals surface area contributed by atoms with Crippen LogP contribution >= 0.6 is 0 Å². The van der Waals surface area contributed by atoms with E-state index in [1.54, 1.807) is 21.8 Å². The molecule has 4 rings (SSSR count). The molecule has 0 radical (unpaired) electrons. The van der Waals surface area contributed by atoms with Gasteiger partial charge in [-0.25, -0.2) is 14.4 Å². The Bertz CT molecular complexity index is 1500. The summed E-state index contributed by atoms with van der Waals surface area (Å²) >= 11 is 0. The SMILES string of the molecule is [C-]#[N+]c1cn(COCC[Si](C)(C)C)nc1Nc1ccccc1.[C-]#[N+]c1cnn(COCC[Si](C)(C)C)c1Nc1ccccc1. The van der Waals surface area contributed by atoms with Crippen LogP contribution in [0.3, 0.4) is 0 Å². The standard InChI is InChI=1S/2C16H22N4OSi/c1-17-15-12-20(13-21-10-11-22(2,3)4)19-16(15)18-14-8-6-5-7-9-14;1-17-15-12-18-20(13-21-10-11-22(2,3)4)16(15)19-14-8-6-5-7-9-14/h5-9,12H,10-11,13H2,2-4H3,(H,18,19);5-9,12,19H,10-11,13H2,2-4H3. The van der Waals surface area contributed by atoms with Gasteiger partial charge in [-0.2, -0.15) is 10.2 Å². The average Bonchev–Trinajstić information content (AvgIpc) is 3.56. The number of nitrogens with zero attached hydrogens (tertiary/aromatic N) is 6. The molecule has 44 heavy (non-hydrogen) atoms. The number of aromatic nitrogens is 4. The first-order valence-corrected chi connectivity index (χ1v) is 22.1. The van der Waals surface area contributed by atoms with Crippen molar-refractivity contribution in [1.29, 1.82) is 0 Å². The smallest absolute Gasteiger partial charge is 0.247 e. The van der Waals surface area contributed by atoms with Crippen LogP contribution in [0.15, 0.2) is 73.1 Å². The zero-order valence-electron chi connectivity index (χ0n) is 26.7. The number of anilines is 4. The molecule has 0 bridgehead atoms. The molecule has 0 saturated heterocycles. The van der Waals surface area contributed by atoms with Crippen LogP contribution in [0, 0.1) is 13.1 Å². The molecule has 0 aliphatic rings. The Labute approximate surface area is 263 Å². The van der Waals surface area contributed by atoms with Gasteiger partial charge in [0, 0.05) is 46.9 Å². The van der Waals surface area contributed by atoms with Crippen molar-refractivity contribution in [3.05, 3.63) is 95.9 Å². The molecular formula is C32H44N8O2Si2. The lowest BCUT2D eigenvalue weighted by Gasteiger charge is -2.16. The molecule has 0 atom stereocenters. The topological polar surface area (TPSA) is 86.9 Å². The number of rotatable bonds is 14. The molecule has 12 heteroatoms. The summed E-state index contributed by atoms with van der Waals surface area (Å²) in [5.74, 6) is 1.24. The van der Waals surface area contributed by atoms with Gasteiger partial charge in [0.2, 0.25) is 11.4 Å². The zero-order chi connectivity index (χ0) is 32.0. The summed E-state index contributed by atoms with van der Waals surface area (Å²) in [6.45, 7) is 30.7. The highest BCUT2D eigenvalue weighted by atomic mass is 28.3. The molecule has 0 aliphatic heterocycles. The normalized spacial score (nSPS) is 11.2. The largest absolute Gasteiger partial charge is 0.360 e. The Morgan fingerprint density at radius 1 is 0.727 bits per heavy atom. The summed E-state index contributed by atoms with van der Waals surface area (Å²) in [4.78, 5) is 7.02. The van der Waals surface area contributed by atoms with Crippen LogP contribution in [0.4, 0.5) is 34.4 Å². The highest BCUT2D eigenvalue weighted by Crippen LogP contribution is 2.28. The van der Waals surface area contributed by atoms with Crippen LogP contribution in [0.5, 0.6) is 0 Å². The minimum Gasteiger partial charge on any atom is -0.360 e. The van der Waals surface area contributed by atoms with E-state index in [0.717, 1.165) is 36.7 Å². The maximum absolute atomic E-state index is 7.26. The van der Waals surface area contributed by atoms with Gasteiger partial charge in [-0.15, -0.1) is 0 Å². The van der Waals surface area contributed by atoms with E-state index < -0.39 is 16.1 Å². The van der Waals surface area contributed by atoms with Crippen molar-refractivity contribution in [3.63, 3.8) is 0 Å². The lowest BCUT2D eigenvalue weighted by Crippen LogP contribution is -2.22. The summed E-state index contributed by atoms with van der Waals surface area (Å²) < 4.78 is 14.8. The minimum absolute atomic E-state index is 0.356. The van der Waals surface area contributed by atoms with E-state index in [1.165, 1.54) is 0 Å². The summed E-state index contributed by atoms with van der Waals surface area (Å²) in [6.07, 6.45) is 3.28. The van der Waals surface area contributed by atoms with Gasteiger partial charge in [-0.3, -0.25) is 4.68 Å². The number of para-hydroxylation sites is 2. The van der Waals surface area contributed by atoms with Gasteiger partial charge in [0.1, 0.15) is 19.3 Å². The Kier molecular flexibility index (Phi) is 12.9. The molecule has 232 valence electrons. The maximum Gasteiger partial charge on any atom is 0.247 e. The van der Waals surface area contributed by atoms with E-state index in [9.17, 15) is 0 Å². The maximum atomic E-state index is 7.26. The second-order valence-electron chi connectivity index (χ2n) is 12.7. The van der Waals surface area contributed by atoms with Crippen molar-refractivity contribution in [2.24, 2.45) is 0 Å². The first-order valence-electron chi connectivity index (χ1n) is 14.7. The monoisotopic (exact) mass is 628 g/mol. The summed E-state index contributed by atoms with van der Waals surface area (Å²) in [7, 11) is -2.16. The van der Waals surface area contributed by atoms with E-state index in [-0.39, 0.29) is 0 Å². The summed E-state index contributed by atoms with van der Waals surface area (Å²) in [5, 5.41) is 15.0. The van der Waals surface area contributed by atoms with Crippen LogP contribution in [-0.4, -0.2) is 48.9 Å². The Morgan fingerprint density at radius 3 is 1.77 bits per heavy atom. The highest BCUT2D eigenvalue weighted by Gasteiger charge is 2.15. The Morgan fingerprint density at radius 2 is 1.25 bits per heavy atom.